The highest BCUT2D eigenvalue weighted by Crippen LogP contribution is 2.27. The summed E-state index contributed by atoms with van der Waals surface area (Å²) in [6.45, 7) is 4.33. The molecule has 9 amide bonds. The maximum atomic E-state index is 13.8. The summed E-state index contributed by atoms with van der Waals surface area (Å²) in [4.78, 5) is 116. The lowest BCUT2D eigenvalue weighted by atomic mass is 9.97. The lowest BCUT2D eigenvalue weighted by Crippen LogP contribution is -2.64. The Hall–Kier alpha value is -5.61. The fourth-order valence-corrected chi connectivity index (χ4v) is 11.7. The van der Waals surface area contributed by atoms with E-state index in [1.165, 1.54) is 20.8 Å². The van der Waals surface area contributed by atoms with Crippen molar-refractivity contribution in [1.82, 2.24) is 47.9 Å². The van der Waals surface area contributed by atoms with Crippen LogP contribution < -0.4 is 47.9 Å². The molecule has 104 heavy (non-hydrogen) atoms. The Kier molecular flexibility index (Phi) is 43.7. The van der Waals surface area contributed by atoms with Crippen molar-refractivity contribution in [2.75, 3.05) is 112 Å². The first-order valence-corrected chi connectivity index (χ1v) is 35.6. The Bertz CT molecular complexity index is 2560. The highest BCUT2D eigenvalue weighted by Gasteiger charge is 2.48. The first-order chi connectivity index (χ1) is 49.7. The fraction of sp³-hybridized carbons (Fsp3) is 0.862. The third-order valence-corrected chi connectivity index (χ3v) is 17.1. The molecule has 0 aliphatic carbocycles. The quantitative estimate of drug-likeness (QED) is 0.0252. The van der Waals surface area contributed by atoms with E-state index in [1.54, 1.807) is 0 Å². The summed E-state index contributed by atoms with van der Waals surface area (Å²) in [6, 6.07) is -6.18. The zero-order valence-corrected chi connectivity index (χ0v) is 60.0. The Morgan fingerprint density at radius 1 is 0.404 bits per heavy atom. The minimum Gasteiger partial charge on any atom is -0.394 e. The number of aliphatic hydroxyl groups is 10. The van der Waals surface area contributed by atoms with Gasteiger partial charge in [0.25, 0.3) is 0 Å². The lowest BCUT2D eigenvalue weighted by Gasteiger charge is -2.42. The van der Waals surface area contributed by atoms with Gasteiger partial charge in [0.1, 0.15) is 97.4 Å². The molecule has 4 aliphatic rings. The third-order valence-electron chi connectivity index (χ3n) is 17.1. The average molecular weight is 1500 g/mol. The smallest absolute Gasteiger partial charge is 0.249 e. The molecule has 0 spiro atoms. The van der Waals surface area contributed by atoms with Gasteiger partial charge in [0.2, 0.25) is 53.2 Å². The van der Waals surface area contributed by atoms with E-state index in [1.807, 2.05) is 13.8 Å². The molecule has 4 saturated heterocycles. The van der Waals surface area contributed by atoms with Gasteiger partial charge >= 0.3 is 0 Å². The number of ether oxygens (including phenoxy) is 11. The molecule has 17 unspecified atom stereocenters. The lowest BCUT2D eigenvalue weighted by molar-refractivity contribution is -0.272. The summed E-state index contributed by atoms with van der Waals surface area (Å²) in [5.41, 5.74) is 0. The standard InChI is InChI=1S/C65H115N9O30/c1-36(2)100-42-31-43(101-44(42)32-75)62(93)67-18-12-10-8-6-7-9-11-13-49(83)73-41(61(92)69-21-24-96-27-30-99-65-53(72-39(5)81)59(90)56(87)47(35-78)104-65)15-17-50(84)74-40(60(91)68-20-23-95-26-29-98-64-52(71-38(4)80)58(89)55(86)46(34-77)103-64)14-16-48(82)66-19-22-94-25-28-97-63-51(70-37(3)79)57(88)54(85)45(33-76)102-63/h36,40-47,51-59,63-65,75-78,85-90H,6-35H2,1-5H3,(H,66,82)(H,67,93)(H,68,91)(H,69,92)(H,70,79)(H,71,80)(H,72,81)(H,73,83)(H,74,84)/t40?,41?,42-,43-,44+,45?,46?,47?,51?,52?,53?,54?,55?,56?,57?,58?,59?,63?,64?,65?/m0/s1. The Balaban J connectivity index is 1.33. The minimum atomic E-state index is -1.55. The average Bonchev–Trinajstić information content (AvgIpc) is 1.12. The van der Waals surface area contributed by atoms with Crippen molar-refractivity contribution in [1.29, 1.82) is 0 Å². The topological polar surface area (TPSA) is 566 Å². The highest BCUT2D eigenvalue weighted by atomic mass is 16.7. The number of hydrogen-bond acceptors (Lipinski definition) is 30. The first-order valence-electron chi connectivity index (χ1n) is 35.6. The predicted octanol–water partition coefficient (Wildman–Crippen LogP) is -8.02. The monoisotopic (exact) mass is 1500 g/mol. The molecule has 39 nitrogen and oxygen atoms in total. The van der Waals surface area contributed by atoms with Gasteiger partial charge in [0.15, 0.2) is 18.9 Å². The second-order valence-electron chi connectivity index (χ2n) is 25.8. The SMILES string of the molecule is CC(=O)NC1C(OCCOCCNC(=O)CCC(NC(=O)CCC(NC(=O)CCCCCCCCCNC(=O)[C@@H]2C[C@H](OC(C)C)[C@@H](CO)O2)C(=O)NCCOCCOC2OC(CO)C(O)C(O)C2NC(C)=O)C(=O)NCCOCCOC2OC(CO)C(O)C(O)C2NC(C)=O)OC(CO)C(O)C1O. The minimum absolute atomic E-state index is 0.0239. The van der Waals surface area contributed by atoms with E-state index in [-0.39, 0.29) is 130 Å². The number of amides is 9. The molecule has 0 aromatic heterocycles. The molecule has 20 atom stereocenters. The number of nitrogens with one attached hydrogen (secondary N) is 9. The van der Waals surface area contributed by atoms with Crippen molar-refractivity contribution >= 4 is 53.2 Å². The summed E-state index contributed by atoms with van der Waals surface area (Å²) in [5.74, 6) is -5.09. The summed E-state index contributed by atoms with van der Waals surface area (Å²) in [5, 5.41) is 125. The molecule has 4 fully saturated rings. The molecule has 0 bridgehead atoms. The van der Waals surface area contributed by atoms with Crippen LogP contribution in [0.4, 0.5) is 0 Å². The molecule has 4 aliphatic heterocycles. The molecular formula is C65H115N9O30. The molecule has 19 N–H and O–H groups in total. The zero-order valence-electron chi connectivity index (χ0n) is 60.0. The number of unbranched alkanes of at least 4 members (excludes halogenated alkanes) is 6. The van der Waals surface area contributed by atoms with Crippen LogP contribution in [0.25, 0.3) is 0 Å². The molecular weight excluding hydrogens is 1390 g/mol. The van der Waals surface area contributed by atoms with Gasteiger partial charge in [-0.25, -0.2) is 0 Å². The van der Waals surface area contributed by atoms with E-state index >= 15 is 0 Å². The van der Waals surface area contributed by atoms with E-state index < -0.39 is 190 Å². The summed E-state index contributed by atoms with van der Waals surface area (Å²) in [6.07, 6.45) is -14.0. The molecule has 0 aromatic carbocycles. The van der Waals surface area contributed by atoms with Crippen molar-refractivity contribution in [2.45, 2.75) is 247 Å². The molecule has 39 heteroatoms. The van der Waals surface area contributed by atoms with Crippen molar-refractivity contribution in [3.8, 4) is 0 Å². The molecule has 0 aromatic rings. The summed E-state index contributed by atoms with van der Waals surface area (Å²) < 4.78 is 61.9. The number of rotatable bonds is 51. The van der Waals surface area contributed by atoms with Gasteiger partial charge in [-0.3, -0.25) is 43.2 Å². The summed E-state index contributed by atoms with van der Waals surface area (Å²) >= 11 is 0. The Labute approximate surface area is 604 Å². The molecule has 0 saturated carbocycles. The second-order valence-corrected chi connectivity index (χ2v) is 25.8. The van der Waals surface area contributed by atoms with Gasteiger partial charge in [-0.15, -0.1) is 0 Å². The third kappa shape index (κ3) is 32.9. The van der Waals surface area contributed by atoms with Crippen LogP contribution in [0, 0.1) is 0 Å². The maximum absolute atomic E-state index is 13.8. The van der Waals surface area contributed by atoms with E-state index in [4.69, 9.17) is 52.1 Å². The van der Waals surface area contributed by atoms with Crippen LogP contribution in [-0.4, -0.2) is 345 Å². The van der Waals surface area contributed by atoms with Gasteiger partial charge in [0, 0.05) is 72.6 Å². The fourth-order valence-electron chi connectivity index (χ4n) is 11.7. The van der Waals surface area contributed by atoms with Gasteiger partial charge in [0.05, 0.1) is 98.1 Å². The molecule has 0 radical (unpaired) electrons. The normalized spacial score (nSPS) is 28.2. The highest BCUT2D eigenvalue weighted by molar-refractivity contribution is 5.90. The zero-order chi connectivity index (χ0) is 76.7. The van der Waals surface area contributed by atoms with Crippen LogP contribution in [0.3, 0.4) is 0 Å². The molecule has 4 rings (SSSR count). The van der Waals surface area contributed by atoms with E-state index in [9.17, 15) is 94.2 Å². The number of carbonyl (C=O) groups excluding carboxylic acids is 9. The van der Waals surface area contributed by atoms with Crippen LogP contribution in [0.5, 0.6) is 0 Å². The van der Waals surface area contributed by atoms with Gasteiger partial charge in [-0.2, -0.15) is 0 Å². The van der Waals surface area contributed by atoms with Crippen LogP contribution in [-0.2, 0) is 95.3 Å². The van der Waals surface area contributed by atoms with Crippen LogP contribution in [0.2, 0.25) is 0 Å². The van der Waals surface area contributed by atoms with E-state index in [0.717, 1.165) is 32.1 Å². The van der Waals surface area contributed by atoms with Crippen molar-refractivity contribution in [3.05, 3.63) is 0 Å². The number of carbonyl (C=O) groups is 9. The Morgan fingerprint density at radius 2 is 0.769 bits per heavy atom. The van der Waals surface area contributed by atoms with E-state index in [2.05, 4.69) is 47.9 Å². The van der Waals surface area contributed by atoms with Gasteiger partial charge < -0.3 is 151 Å². The molecule has 600 valence electrons. The van der Waals surface area contributed by atoms with Gasteiger partial charge in [-0.1, -0.05) is 32.1 Å². The Morgan fingerprint density at radius 3 is 1.15 bits per heavy atom. The van der Waals surface area contributed by atoms with Crippen LogP contribution in [0.1, 0.15) is 118 Å². The second kappa shape index (κ2) is 50.1. The van der Waals surface area contributed by atoms with Crippen molar-refractivity contribution < 1.29 is 146 Å². The van der Waals surface area contributed by atoms with E-state index in [0.29, 0.717) is 25.8 Å². The van der Waals surface area contributed by atoms with Crippen molar-refractivity contribution in [2.24, 2.45) is 0 Å². The predicted molar refractivity (Wildman–Crippen MR) is 358 cm³/mol. The van der Waals surface area contributed by atoms with Crippen LogP contribution >= 0.6 is 0 Å². The van der Waals surface area contributed by atoms with Crippen molar-refractivity contribution in [3.63, 3.8) is 0 Å². The molecule has 4 heterocycles. The van der Waals surface area contributed by atoms with Crippen LogP contribution in [0.15, 0.2) is 0 Å². The largest absolute Gasteiger partial charge is 0.394 e. The number of hydrogen-bond donors (Lipinski definition) is 19. The summed E-state index contributed by atoms with van der Waals surface area (Å²) in [7, 11) is 0. The maximum Gasteiger partial charge on any atom is 0.249 e. The van der Waals surface area contributed by atoms with Gasteiger partial charge in [-0.05, 0) is 39.5 Å². The number of aliphatic hydroxyl groups excluding tert-OH is 10. The first kappa shape index (κ1) is 90.8.